The van der Waals surface area contributed by atoms with Crippen molar-refractivity contribution in [2.45, 2.75) is 38.1 Å². The summed E-state index contributed by atoms with van der Waals surface area (Å²) in [6.45, 7) is 0.909. The lowest BCUT2D eigenvalue weighted by molar-refractivity contribution is -0.132. The third kappa shape index (κ3) is 2.98. The van der Waals surface area contributed by atoms with Crippen molar-refractivity contribution in [1.82, 2.24) is 9.88 Å². The largest absolute Gasteiger partial charge is 0.361 e. The lowest BCUT2D eigenvalue weighted by Crippen LogP contribution is -2.30. The number of aryl methyl sites for hydroxylation is 1. The van der Waals surface area contributed by atoms with Crippen molar-refractivity contribution < 1.29 is 4.79 Å². The summed E-state index contributed by atoms with van der Waals surface area (Å²) in [6, 6.07) is 10.8. The highest BCUT2D eigenvalue weighted by molar-refractivity contribution is 7.08. The van der Waals surface area contributed by atoms with E-state index in [0.29, 0.717) is 18.4 Å². The molecule has 0 unspecified atom stereocenters. The molecule has 3 heterocycles. The molecule has 1 amide bonds. The van der Waals surface area contributed by atoms with Gasteiger partial charge in [-0.15, -0.1) is 0 Å². The number of fused-ring (bicyclic) bond motifs is 1. The SMILES string of the molecule is O=C(CCCc1c[nH]c2ccccc12)N1CCC[C@@H]1c1ccsc1. The van der Waals surface area contributed by atoms with Crippen LogP contribution in [0.5, 0.6) is 0 Å². The van der Waals surface area contributed by atoms with Gasteiger partial charge < -0.3 is 9.88 Å². The molecule has 0 aliphatic carbocycles. The molecule has 4 heteroatoms. The highest BCUT2D eigenvalue weighted by atomic mass is 32.1. The van der Waals surface area contributed by atoms with Gasteiger partial charge in [-0.1, -0.05) is 18.2 Å². The van der Waals surface area contributed by atoms with Crippen LogP contribution in [0.1, 0.15) is 42.9 Å². The summed E-state index contributed by atoms with van der Waals surface area (Å²) in [5, 5.41) is 5.57. The zero-order valence-corrected chi connectivity index (χ0v) is 14.5. The van der Waals surface area contributed by atoms with Crippen LogP contribution in [0.25, 0.3) is 10.9 Å². The molecule has 124 valence electrons. The first kappa shape index (κ1) is 15.5. The van der Waals surface area contributed by atoms with Crippen LogP contribution in [0.3, 0.4) is 0 Å². The average molecular weight is 338 g/mol. The molecule has 1 atom stereocenters. The molecule has 24 heavy (non-hydrogen) atoms. The number of rotatable bonds is 5. The number of aromatic amines is 1. The van der Waals surface area contributed by atoms with E-state index in [9.17, 15) is 4.79 Å². The van der Waals surface area contributed by atoms with Crippen LogP contribution in [0.15, 0.2) is 47.3 Å². The molecule has 1 aliphatic heterocycles. The quantitative estimate of drug-likeness (QED) is 0.704. The van der Waals surface area contributed by atoms with E-state index in [1.165, 1.54) is 22.0 Å². The number of benzene rings is 1. The van der Waals surface area contributed by atoms with Gasteiger partial charge in [0.2, 0.25) is 5.91 Å². The maximum absolute atomic E-state index is 12.7. The molecule has 4 rings (SSSR count). The molecule has 0 bridgehead atoms. The van der Waals surface area contributed by atoms with Gasteiger partial charge in [0.05, 0.1) is 6.04 Å². The van der Waals surface area contributed by atoms with Crippen molar-refractivity contribution in [3.63, 3.8) is 0 Å². The van der Waals surface area contributed by atoms with Gasteiger partial charge in [-0.05, 0) is 59.7 Å². The van der Waals surface area contributed by atoms with Gasteiger partial charge in [-0.3, -0.25) is 4.79 Å². The van der Waals surface area contributed by atoms with Crippen LogP contribution < -0.4 is 0 Å². The van der Waals surface area contributed by atoms with Gasteiger partial charge in [0, 0.05) is 30.1 Å². The number of carbonyl (C=O) groups is 1. The molecule has 0 spiro atoms. The van der Waals surface area contributed by atoms with Gasteiger partial charge in [0.25, 0.3) is 0 Å². The highest BCUT2D eigenvalue weighted by Crippen LogP contribution is 2.33. The number of nitrogens with one attached hydrogen (secondary N) is 1. The van der Waals surface area contributed by atoms with Gasteiger partial charge in [0.15, 0.2) is 0 Å². The number of aromatic nitrogens is 1. The Balaban J connectivity index is 1.36. The number of para-hydroxylation sites is 1. The Kier molecular flexibility index (Phi) is 4.39. The summed E-state index contributed by atoms with van der Waals surface area (Å²) in [5.74, 6) is 0.309. The molecule has 3 nitrogen and oxygen atoms in total. The van der Waals surface area contributed by atoms with E-state index in [0.717, 1.165) is 32.2 Å². The molecule has 1 aliphatic rings. The first-order chi connectivity index (χ1) is 11.8. The van der Waals surface area contributed by atoms with Crippen molar-refractivity contribution in [3.8, 4) is 0 Å². The van der Waals surface area contributed by atoms with Gasteiger partial charge in [-0.25, -0.2) is 0 Å². The molecule has 1 aromatic carbocycles. The fourth-order valence-corrected chi connectivity index (χ4v) is 4.50. The fourth-order valence-electron chi connectivity index (χ4n) is 3.79. The fraction of sp³-hybridized carbons (Fsp3) is 0.350. The van der Waals surface area contributed by atoms with Crippen molar-refractivity contribution >= 4 is 28.1 Å². The van der Waals surface area contributed by atoms with E-state index >= 15 is 0 Å². The Morgan fingerprint density at radius 3 is 3.08 bits per heavy atom. The number of carbonyl (C=O) groups excluding carboxylic acids is 1. The van der Waals surface area contributed by atoms with Crippen molar-refractivity contribution in [2.75, 3.05) is 6.54 Å². The van der Waals surface area contributed by atoms with Crippen LogP contribution in [0, 0.1) is 0 Å². The van der Waals surface area contributed by atoms with Crippen molar-refractivity contribution in [3.05, 3.63) is 58.4 Å². The molecular formula is C20H22N2OS. The first-order valence-corrected chi connectivity index (χ1v) is 9.64. The zero-order chi connectivity index (χ0) is 16.4. The third-order valence-electron chi connectivity index (χ3n) is 5.01. The Morgan fingerprint density at radius 1 is 1.29 bits per heavy atom. The topological polar surface area (TPSA) is 36.1 Å². The summed E-state index contributed by atoms with van der Waals surface area (Å²) >= 11 is 1.72. The van der Waals surface area contributed by atoms with E-state index < -0.39 is 0 Å². The van der Waals surface area contributed by atoms with Gasteiger partial charge in [0.1, 0.15) is 0 Å². The van der Waals surface area contributed by atoms with Crippen LogP contribution >= 0.6 is 11.3 Å². The number of hydrogen-bond donors (Lipinski definition) is 1. The van der Waals surface area contributed by atoms with Crippen LogP contribution in [-0.4, -0.2) is 22.3 Å². The summed E-state index contributed by atoms with van der Waals surface area (Å²) in [6.07, 6.45) is 6.80. The number of amides is 1. The Labute approximate surface area is 146 Å². The summed E-state index contributed by atoms with van der Waals surface area (Å²) in [7, 11) is 0. The predicted molar refractivity (Wildman–Crippen MR) is 99.2 cm³/mol. The molecule has 3 aromatic rings. The molecule has 1 N–H and O–H groups in total. The van der Waals surface area contributed by atoms with E-state index in [4.69, 9.17) is 0 Å². The molecule has 0 saturated carbocycles. The van der Waals surface area contributed by atoms with Gasteiger partial charge >= 0.3 is 0 Å². The first-order valence-electron chi connectivity index (χ1n) is 8.69. The Morgan fingerprint density at radius 2 is 2.21 bits per heavy atom. The van der Waals surface area contributed by atoms with Crippen molar-refractivity contribution in [1.29, 1.82) is 0 Å². The second-order valence-corrected chi connectivity index (χ2v) is 7.29. The number of thiophene rings is 1. The number of hydrogen-bond acceptors (Lipinski definition) is 2. The second-order valence-electron chi connectivity index (χ2n) is 6.51. The predicted octanol–water partition coefficient (Wildman–Crippen LogP) is 4.92. The van der Waals surface area contributed by atoms with Crippen LogP contribution in [-0.2, 0) is 11.2 Å². The maximum Gasteiger partial charge on any atom is 0.223 e. The van der Waals surface area contributed by atoms with E-state index in [1.807, 2.05) is 6.07 Å². The number of H-pyrrole nitrogens is 1. The average Bonchev–Trinajstić information content (AvgIpc) is 3.34. The van der Waals surface area contributed by atoms with Crippen LogP contribution in [0.4, 0.5) is 0 Å². The summed E-state index contributed by atoms with van der Waals surface area (Å²) in [4.78, 5) is 18.1. The maximum atomic E-state index is 12.7. The van der Waals surface area contributed by atoms with E-state index in [1.54, 1.807) is 11.3 Å². The highest BCUT2D eigenvalue weighted by Gasteiger charge is 2.29. The molecule has 0 radical (unpaired) electrons. The summed E-state index contributed by atoms with van der Waals surface area (Å²) in [5.41, 5.74) is 3.80. The lowest BCUT2D eigenvalue weighted by Gasteiger charge is -2.24. The smallest absolute Gasteiger partial charge is 0.223 e. The van der Waals surface area contributed by atoms with Crippen LogP contribution in [0.2, 0.25) is 0 Å². The standard InChI is InChI=1S/C20H22N2OS/c23-20(22-11-4-8-19(22)16-10-12-24-14-16)9-3-5-15-13-21-18-7-2-1-6-17(15)18/h1-2,6-7,10,12-14,19,21H,3-5,8-9,11H2/t19-/m1/s1. The summed E-state index contributed by atoms with van der Waals surface area (Å²) < 4.78 is 0. The van der Waals surface area contributed by atoms with E-state index in [2.05, 4.69) is 51.1 Å². The Bertz CT molecular complexity index is 821. The molecule has 1 fully saturated rings. The Hall–Kier alpha value is -2.07. The number of likely N-dealkylation sites (tertiary alicyclic amines) is 1. The minimum atomic E-state index is 0.303. The molecule has 2 aromatic heterocycles. The van der Waals surface area contributed by atoms with E-state index in [-0.39, 0.29) is 0 Å². The minimum Gasteiger partial charge on any atom is -0.361 e. The number of nitrogens with zero attached hydrogens (tertiary/aromatic N) is 1. The third-order valence-corrected chi connectivity index (χ3v) is 5.71. The van der Waals surface area contributed by atoms with Gasteiger partial charge in [-0.2, -0.15) is 11.3 Å². The van der Waals surface area contributed by atoms with Crippen molar-refractivity contribution in [2.24, 2.45) is 0 Å². The zero-order valence-electron chi connectivity index (χ0n) is 13.7. The molecule has 1 saturated heterocycles. The lowest BCUT2D eigenvalue weighted by atomic mass is 10.1. The normalized spacial score (nSPS) is 17.7. The molecular weight excluding hydrogens is 316 g/mol. The minimum absolute atomic E-state index is 0.303. The monoisotopic (exact) mass is 338 g/mol. The second kappa shape index (κ2) is 6.81.